The van der Waals surface area contributed by atoms with Gasteiger partial charge in [-0.05, 0) is 36.4 Å². The molecular weight excluding hydrogens is 279 g/mol. The predicted octanol–water partition coefficient (Wildman–Crippen LogP) is 4.72. The van der Waals surface area contributed by atoms with Crippen LogP contribution in [0.4, 0.5) is 0 Å². The molecule has 2 aromatic rings. The molecule has 1 aromatic carbocycles. The molecule has 0 spiro atoms. The second-order valence-electron chi connectivity index (χ2n) is 4.08. The molecule has 0 aliphatic carbocycles. The lowest BCUT2D eigenvalue weighted by Gasteiger charge is -2.12. The highest BCUT2D eigenvalue weighted by Gasteiger charge is 2.17. The predicted molar refractivity (Wildman–Crippen MR) is 80.9 cm³/mol. The molecule has 0 unspecified atom stereocenters. The topological polar surface area (TPSA) is 28.1 Å². The van der Waals surface area contributed by atoms with Crippen LogP contribution in [0.2, 0.25) is 10.0 Å². The van der Waals surface area contributed by atoms with E-state index in [4.69, 9.17) is 23.2 Å². The van der Waals surface area contributed by atoms with Crippen molar-refractivity contribution in [2.24, 2.45) is 4.99 Å². The molecule has 3 rings (SSSR count). The van der Waals surface area contributed by atoms with Crippen LogP contribution >= 0.6 is 23.2 Å². The highest BCUT2D eigenvalue weighted by molar-refractivity contribution is 6.38. The molecule has 0 bridgehead atoms. The molecule has 19 heavy (non-hydrogen) atoms. The lowest BCUT2D eigenvalue weighted by atomic mass is 10.0. The quantitative estimate of drug-likeness (QED) is 0.828. The van der Waals surface area contributed by atoms with Gasteiger partial charge in [0.15, 0.2) is 0 Å². The van der Waals surface area contributed by atoms with Crippen LogP contribution in [0.15, 0.2) is 59.4 Å². The number of H-pyrrole nitrogens is 1. The molecule has 94 valence electrons. The Morgan fingerprint density at radius 2 is 1.84 bits per heavy atom. The number of hydrogen-bond acceptors (Lipinski definition) is 1. The van der Waals surface area contributed by atoms with E-state index in [0.717, 1.165) is 22.5 Å². The van der Waals surface area contributed by atoms with E-state index in [1.807, 2.05) is 48.7 Å². The van der Waals surface area contributed by atoms with Crippen LogP contribution in [0, 0.1) is 0 Å². The zero-order chi connectivity index (χ0) is 13.2. The van der Waals surface area contributed by atoms with Gasteiger partial charge in [0.25, 0.3) is 0 Å². The molecule has 0 fully saturated rings. The van der Waals surface area contributed by atoms with Crippen LogP contribution in [0.3, 0.4) is 0 Å². The minimum atomic E-state index is 0.611. The summed E-state index contributed by atoms with van der Waals surface area (Å²) < 4.78 is 0. The summed E-state index contributed by atoms with van der Waals surface area (Å²) in [7, 11) is 0. The maximum absolute atomic E-state index is 6.31. The van der Waals surface area contributed by atoms with E-state index < -0.39 is 0 Å². The van der Waals surface area contributed by atoms with Crippen LogP contribution in [0.25, 0.3) is 5.57 Å². The Kier molecular flexibility index (Phi) is 3.28. The van der Waals surface area contributed by atoms with Gasteiger partial charge in [-0.25, -0.2) is 0 Å². The molecule has 1 aliphatic heterocycles. The van der Waals surface area contributed by atoms with Gasteiger partial charge in [0.1, 0.15) is 0 Å². The average Bonchev–Trinajstić information content (AvgIpc) is 3.07. The van der Waals surface area contributed by atoms with Crippen molar-refractivity contribution in [2.75, 3.05) is 0 Å². The van der Waals surface area contributed by atoms with Gasteiger partial charge in [-0.2, -0.15) is 0 Å². The number of aromatic nitrogens is 1. The Bertz CT molecular complexity index is 661. The van der Waals surface area contributed by atoms with Gasteiger partial charge in [0.2, 0.25) is 0 Å². The largest absolute Gasteiger partial charge is 0.361 e. The molecule has 4 heteroatoms. The number of nitrogens with zero attached hydrogens (tertiary/aromatic N) is 1. The Morgan fingerprint density at radius 1 is 1.05 bits per heavy atom. The smallest absolute Gasteiger partial charge is 0.0730 e. The highest BCUT2D eigenvalue weighted by atomic mass is 35.5. The van der Waals surface area contributed by atoms with E-state index in [1.165, 1.54) is 0 Å². The first-order valence-corrected chi connectivity index (χ1v) is 6.56. The number of rotatable bonds is 2. The summed E-state index contributed by atoms with van der Waals surface area (Å²) in [5, 5.41) is 1.22. The molecule has 1 N–H and O–H groups in total. The van der Waals surface area contributed by atoms with Gasteiger partial charge in [-0.3, -0.25) is 4.99 Å². The summed E-state index contributed by atoms with van der Waals surface area (Å²) in [6.45, 7) is 0. The van der Waals surface area contributed by atoms with Crippen molar-refractivity contribution in [1.29, 1.82) is 0 Å². The van der Waals surface area contributed by atoms with Gasteiger partial charge in [-0.1, -0.05) is 29.3 Å². The number of halogens is 2. The molecule has 0 saturated heterocycles. The molecule has 2 nitrogen and oxygen atoms in total. The maximum atomic E-state index is 6.31. The van der Waals surface area contributed by atoms with E-state index >= 15 is 0 Å². The third-order valence-electron chi connectivity index (χ3n) is 2.89. The van der Waals surface area contributed by atoms with Gasteiger partial charge < -0.3 is 4.98 Å². The number of aromatic amines is 1. The first-order valence-electron chi connectivity index (χ1n) is 5.80. The number of allylic oxidation sites excluding steroid dienone is 2. The fourth-order valence-corrected chi connectivity index (χ4v) is 2.66. The Labute approximate surface area is 121 Å². The standard InChI is InChI=1S/C15H10Cl2N2/c16-10-4-1-5-11(17)14(10)15(12-6-2-8-18-12)13-7-3-9-19-13/h1-9,18H/b15-13+. The van der Waals surface area contributed by atoms with Gasteiger partial charge in [0, 0.05) is 29.2 Å². The zero-order valence-electron chi connectivity index (χ0n) is 9.90. The van der Waals surface area contributed by atoms with Crippen molar-refractivity contribution >= 4 is 35.0 Å². The van der Waals surface area contributed by atoms with Gasteiger partial charge in [0.05, 0.1) is 15.7 Å². The summed E-state index contributed by atoms with van der Waals surface area (Å²) in [6.07, 6.45) is 7.45. The van der Waals surface area contributed by atoms with E-state index in [2.05, 4.69) is 9.98 Å². The van der Waals surface area contributed by atoms with Crippen molar-refractivity contribution in [3.05, 3.63) is 75.7 Å². The van der Waals surface area contributed by atoms with E-state index in [1.54, 1.807) is 6.21 Å². The van der Waals surface area contributed by atoms with Crippen LogP contribution in [0.5, 0.6) is 0 Å². The number of nitrogens with one attached hydrogen (secondary N) is 1. The van der Waals surface area contributed by atoms with Gasteiger partial charge >= 0.3 is 0 Å². The van der Waals surface area contributed by atoms with Crippen molar-refractivity contribution in [2.45, 2.75) is 0 Å². The normalized spacial score (nSPS) is 16.1. The number of benzene rings is 1. The summed E-state index contributed by atoms with van der Waals surface area (Å²) in [5.41, 5.74) is 3.49. The second kappa shape index (κ2) is 5.08. The fraction of sp³-hybridized carbons (Fsp3) is 0. The molecular formula is C15H10Cl2N2. The first-order chi connectivity index (χ1) is 9.27. The first kappa shape index (κ1) is 12.3. The number of aliphatic imine (C=N–C) groups is 1. The lowest BCUT2D eigenvalue weighted by Crippen LogP contribution is -1.94. The number of hydrogen-bond donors (Lipinski definition) is 1. The minimum Gasteiger partial charge on any atom is -0.361 e. The molecule has 0 atom stereocenters. The summed E-state index contributed by atoms with van der Waals surface area (Å²) >= 11 is 12.6. The molecule has 0 saturated carbocycles. The van der Waals surface area contributed by atoms with E-state index in [9.17, 15) is 0 Å². The van der Waals surface area contributed by atoms with Gasteiger partial charge in [-0.15, -0.1) is 0 Å². The summed E-state index contributed by atoms with van der Waals surface area (Å²) in [5.74, 6) is 0. The minimum absolute atomic E-state index is 0.611. The SMILES string of the molecule is Clc1cccc(Cl)c1/C(=C1\C=CC=N1)c1ccc[nH]1. The van der Waals surface area contributed by atoms with Crippen molar-refractivity contribution in [3.8, 4) is 0 Å². The van der Waals surface area contributed by atoms with Crippen LogP contribution in [-0.2, 0) is 0 Å². The van der Waals surface area contributed by atoms with Crippen molar-refractivity contribution < 1.29 is 0 Å². The Morgan fingerprint density at radius 3 is 2.42 bits per heavy atom. The van der Waals surface area contributed by atoms with E-state index in [0.29, 0.717) is 10.0 Å². The molecule has 1 aromatic heterocycles. The Hall–Kier alpha value is -1.77. The second-order valence-corrected chi connectivity index (χ2v) is 4.89. The average molecular weight is 289 g/mol. The third-order valence-corrected chi connectivity index (χ3v) is 3.52. The zero-order valence-corrected chi connectivity index (χ0v) is 11.4. The molecule has 0 radical (unpaired) electrons. The maximum Gasteiger partial charge on any atom is 0.0730 e. The van der Waals surface area contributed by atoms with E-state index in [-0.39, 0.29) is 0 Å². The van der Waals surface area contributed by atoms with Crippen molar-refractivity contribution in [3.63, 3.8) is 0 Å². The summed E-state index contributed by atoms with van der Waals surface area (Å²) in [4.78, 5) is 7.54. The summed E-state index contributed by atoms with van der Waals surface area (Å²) in [6, 6.07) is 9.40. The monoisotopic (exact) mass is 288 g/mol. The lowest BCUT2D eigenvalue weighted by molar-refractivity contribution is 1.32. The fourth-order valence-electron chi connectivity index (χ4n) is 2.07. The molecule has 1 aliphatic rings. The third kappa shape index (κ3) is 2.25. The molecule has 2 heterocycles. The van der Waals surface area contributed by atoms with Crippen LogP contribution < -0.4 is 0 Å². The highest BCUT2D eigenvalue weighted by Crippen LogP contribution is 2.37. The molecule has 0 amide bonds. The Balaban J connectivity index is 2.30. The van der Waals surface area contributed by atoms with Crippen LogP contribution in [0.1, 0.15) is 11.3 Å². The van der Waals surface area contributed by atoms with Crippen molar-refractivity contribution in [1.82, 2.24) is 4.98 Å². The van der Waals surface area contributed by atoms with Crippen LogP contribution in [-0.4, -0.2) is 11.2 Å².